The van der Waals surface area contributed by atoms with Crippen LogP contribution >= 0.6 is 7.60 Å². The summed E-state index contributed by atoms with van der Waals surface area (Å²) in [5.74, 6) is -1.26. The second-order valence-electron chi connectivity index (χ2n) is 3.15. The van der Waals surface area contributed by atoms with Crippen LogP contribution in [0.5, 0.6) is 0 Å². The van der Waals surface area contributed by atoms with Crippen LogP contribution in [0.3, 0.4) is 0 Å². The number of aliphatic hydroxyl groups is 1. The molecule has 0 saturated carbocycles. The van der Waals surface area contributed by atoms with E-state index >= 15 is 0 Å². The molecule has 7 heteroatoms. The third-order valence-electron chi connectivity index (χ3n) is 2.06. The maximum absolute atomic E-state index is 12.1. The van der Waals surface area contributed by atoms with Gasteiger partial charge >= 0.3 is 7.60 Å². The predicted octanol–water partition coefficient (Wildman–Crippen LogP) is 0.459. The number of carbonyl (C=O) groups excluding carboxylic acids is 1. The Morgan fingerprint density at radius 2 is 2.00 bits per heavy atom. The van der Waals surface area contributed by atoms with E-state index in [0.29, 0.717) is 0 Å². The SMILES string of the molecule is CCOP(=O)(OCC)C1CC(O)C(=O)N1. The first-order valence-electron chi connectivity index (χ1n) is 4.90. The molecule has 0 aromatic carbocycles. The molecule has 1 heterocycles. The lowest BCUT2D eigenvalue weighted by atomic mass is 10.3. The van der Waals surface area contributed by atoms with Gasteiger partial charge in [-0.3, -0.25) is 9.36 Å². The summed E-state index contributed by atoms with van der Waals surface area (Å²) in [4.78, 5) is 11.0. The zero-order chi connectivity index (χ0) is 11.5. The van der Waals surface area contributed by atoms with E-state index in [2.05, 4.69) is 5.32 Å². The molecule has 0 spiro atoms. The highest BCUT2D eigenvalue weighted by Crippen LogP contribution is 2.54. The van der Waals surface area contributed by atoms with Crippen LogP contribution < -0.4 is 5.32 Å². The van der Waals surface area contributed by atoms with Gasteiger partial charge in [-0.25, -0.2) is 0 Å². The van der Waals surface area contributed by atoms with Crippen LogP contribution in [0.1, 0.15) is 20.3 Å². The Hall–Kier alpha value is -0.420. The zero-order valence-electron chi connectivity index (χ0n) is 8.80. The van der Waals surface area contributed by atoms with Gasteiger partial charge in [-0.05, 0) is 13.8 Å². The molecule has 0 bridgehead atoms. The van der Waals surface area contributed by atoms with Crippen LogP contribution in [0.25, 0.3) is 0 Å². The molecule has 88 valence electrons. The first-order valence-corrected chi connectivity index (χ1v) is 6.52. The Bertz CT molecular complexity index is 272. The highest BCUT2D eigenvalue weighted by Gasteiger charge is 2.44. The van der Waals surface area contributed by atoms with Gasteiger partial charge in [0.25, 0.3) is 0 Å². The van der Waals surface area contributed by atoms with Gasteiger partial charge in [-0.2, -0.15) is 0 Å². The summed E-state index contributed by atoms with van der Waals surface area (Å²) in [6.45, 7) is 3.86. The van der Waals surface area contributed by atoms with Crippen molar-refractivity contribution in [1.82, 2.24) is 5.32 Å². The molecule has 1 aliphatic heterocycles. The van der Waals surface area contributed by atoms with Crippen LogP contribution in [0.15, 0.2) is 0 Å². The van der Waals surface area contributed by atoms with Gasteiger partial charge in [-0.1, -0.05) is 0 Å². The van der Waals surface area contributed by atoms with E-state index in [1.807, 2.05) is 0 Å². The fourth-order valence-electron chi connectivity index (χ4n) is 1.42. The first kappa shape index (κ1) is 12.6. The highest BCUT2D eigenvalue weighted by molar-refractivity contribution is 7.54. The molecule has 0 radical (unpaired) electrons. The van der Waals surface area contributed by atoms with Crippen LogP contribution in [-0.2, 0) is 18.4 Å². The standard InChI is InChI=1S/C8H16NO5P/c1-3-13-15(12,14-4-2)7-5-6(10)8(11)9-7/h6-7,10H,3-5H2,1-2H3,(H,9,11). The minimum Gasteiger partial charge on any atom is -0.383 e. The van der Waals surface area contributed by atoms with Crippen LogP contribution in [0, 0.1) is 0 Å². The molecule has 2 unspecified atom stereocenters. The maximum atomic E-state index is 12.1. The summed E-state index contributed by atoms with van der Waals surface area (Å²) in [5.41, 5.74) is 0. The largest absolute Gasteiger partial charge is 0.383 e. The average Bonchev–Trinajstić information content (AvgIpc) is 2.48. The van der Waals surface area contributed by atoms with Crippen molar-refractivity contribution in [2.24, 2.45) is 0 Å². The van der Waals surface area contributed by atoms with Crippen LogP contribution in [-0.4, -0.2) is 36.1 Å². The van der Waals surface area contributed by atoms with Crippen LogP contribution in [0.2, 0.25) is 0 Å². The first-order chi connectivity index (χ1) is 7.03. The second kappa shape index (κ2) is 5.07. The molecule has 1 saturated heterocycles. The highest BCUT2D eigenvalue weighted by atomic mass is 31.2. The van der Waals surface area contributed by atoms with E-state index in [1.54, 1.807) is 13.8 Å². The minimum atomic E-state index is -3.33. The summed E-state index contributed by atoms with van der Waals surface area (Å²) < 4.78 is 22.3. The molecular formula is C8H16NO5P. The Morgan fingerprint density at radius 1 is 1.47 bits per heavy atom. The molecule has 1 rings (SSSR count). The Kier molecular flexibility index (Phi) is 4.28. The Morgan fingerprint density at radius 3 is 2.33 bits per heavy atom. The van der Waals surface area contributed by atoms with Gasteiger partial charge in [0.2, 0.25) is 5.91 Å². The third kappa shape index (κ3) is 2.78. The topological polar surface area (TPSA) is 84.9 Å². The smallest absolute Gasteiger partial charge is 0.352 e. The summed E-state index contributed by atoms with van der Waals surface area (Å²) in [7, 11) is -3.33. The lowest BCUT2D eigenvalue weighted by Crippen LogP contribution is -2.28. The van der Waals surface area contributed by atoms with Crippen molar-refractivity contribution in [1.29, 1.82) is 0 Å². The molecule has 0 aromatic heterocycles. The lowest BCUT2D eigenvalue weighted by Gasteiger charge is -2.22. The summed E-state index contributed by atoms with van der Waals surface area (Å²) in [5, 5.41) is 11.6. The minimum absolute atomic E-state index is 0.0656. The van der Waals surface area contributed by atoms with Gasteiger partial charge in [0.15, 0.2) is 0 Å². The van der Waals surface area contributed by atoms with Gasteiger partial charge < -0.3 is 19.5 Å². The summed E-state index contributed by atoms with van der Waals surface area (Å²) >= 11 is 0. The van der Waals surface area contributed by atoms with Gasteiger partial charge in [-0.15, -0.1) is 0 Å². The molecule has 2 atom stereocenters. The molecule has 1 aliphatic rings. The zero-order valence-corrected chi connectivity index (χ0v) is 9.70. The summed E-state index contributed by atoms with van der Waals surface area (Å²) in [6.07, 6.45) is -1.06. The molecule has 1 fully saturated rings. The van der Waals surface area contributed by atoms with E-state index in [0.717, 1.165) is 0 Å². The van der Waals surface area contributed by atoms with Gasteiger partial charge in [0.05, 0.1) is 13.2 Å². The van der Waals surface area contributed by atoms with Crippen molar-refractivity contribution >= 4 is 13.5 Å². The molecule has 2 N–H and O–H groups in total. The van der Waals surface area contributed by atoms with Crippen molar-refractivity contribution in [3.63, 3.8) is 0 Å². The van der Waals surface area contributed by atoms with E-state index in [1.165, 1.54) is 0 Å². The monoisotopic (exact) mass is 237 g/mol. The maximum Gasteiger partial charge on any atom is 0.352 e. The van der Waals surface area contributed by atoms with Gasteiger partial charge in [0.1, 0.15) is 11.9 Å². The van der Waals surface area contributed by atoms with E-state index in [9.17, 15) is 14.5 Å². The van der Waals surface area contributed by atoms with Crippen molar-refractivity contribution < 1.29 is 23.5 Å². The van der Waals surface area contributed by atoms with Crippen molar-refractivity contribution in [2.75, 3.05) is 13.2 Å². The average molecular weight is 237 g/mol. The summed E-state index contributed by atoms with van der Waals surface area (Å²) in [6, 6.07) is 0. The Labute approximate surface area is 88.5 Å². The van der Waals surface area contributed by atoms with Crippen molar-refractivity contribution in [3.05, 3.63) is 0 Å². The van der Waals surface area contributed by atoms with Crippen molar-refractivity contribution in [3.8, 4) is 0 Å². The third-order valence-corrected chi connectivity index (χ3v) is 4.40. The number of carbonyl (C=O) groups is 1. The number of rotatable bonds is 5. The molecule has 0 aromatic rings. The fraction of sp³-hybridized carbons (Fsp3) is 0.875. The van der Waals surface area contributed by atoms with Crippen LogP contribution in [0.4, 0.5) is 0 Å². The molecular weight excluding hydrogens is 221 g/mol. The van der Waals surface area contributed by atoms with E-state index in [4.69, 9.17) is 9.05 Å². The van der Waals surface area contributed by atoms with Gasteiger partial charge in [0, 0.05) is 6.42 Å². The number of hydrogen-bond donors (Lipinski definition) is 2. The molecule has 1 amide bonds. The molecule has 0 aliphatic carbocycles. The Balaban J connectivity index is 2.73. The van der Waals surface area contributed by atoms with E-state index < -0.39 is 25.4 Å². The fourth-order valence-corrected chi connectivity index (χ4v) is 3.32. The number of aliphatic hydroxyl groups excluding tert-OH is 1. The van der Waals surface area contributed by atoms with E-state index in [-0.39, 0.29) is 19.6 Å². The quantitative estimate of drug-likeness (QED) is 0.678. The lowest BCUT2D eigenvalue weighted by molar-refractivity contribution is -0.126. The normalized spacial score (nSPS) is 26.7. The van der Waals surface area contributed by atoms with Crippen molar-refractivity contribution in [2.45, 2.75) is 32.2 Å². The number of hydrogen-bond acceptors (Lipinski definition) is 5. The number of nitrogens with one attached hydrogen (secondary N) is 1. The molecule has 15 heavy (non-hydrogen) atoms. The predicted molar refractivity (Wildman–Crippen MR) is 53.4 cm³/mol. The molecule has 6 nitrogen and oxygen atoms in total. The number of amides is 1. The second-order valence-corrected chi connectivity index (χ2v) is 5.37.